The molecule has 0 atom stereocenters. The molecule has 0 radical (unpaired) electrons. The van der Waals surface area contributed by atoms with Gasteiger partial charge in [0, 0.05) is 6.07 Å². The predicted octanol–water partition coefficient (Wildman–Crippen LogP) is 7.23. The van der Waals surface area contributed by atoms with Crippen molar-refractivity contribution < 1.29 is 17.9 Å². The van der Waals surface area contributed by atoms with Gasteiger partial charge in [-0.2, -0.15) is 5.26 Å². The Balaban J connectivity index is 1.49. The first kappa shape index (κ1) is 22.9. The zero-order valence-corrected chi connectivity index (χ0v) is 17.8. The van der Waals surface area contributed by atoms with Crippen molar-refractivity contribution in [1.82, 2.24) is 0 Å². The number of nitriles is 1. The van der Waals surface area contributed by atoms with Crippen LogP contribution in [-0.4, -0.2) is 6.61 Å². The van der Waals surface area contributed by atoms with Crippen LogP contribution in [0.15, 0.2) is 42.5 Å². The molecule has 1 aliphatic rings. The fourth-order valence-electron chi connectivity index (χ4n) is 4.31. The highest BCUT2D eigenvalue weighted by molar-refractivity contribution is 5.36. The highest BCUT2D eigenvalue weighted by Crippen LogP contribution is 2.38. The summed E-state index contributed by atoms with van der Waals surface area (Å²) in [6.07, 6.45) is 9.90. The number of ether oxygens (including phenoxy) is 1. The molecule has 2 nitrogen and oxygen atoms in total. The van der Waals surface area contributed by atoms with Gasteiger partial charge in [0.2, 0.25) is 0 Å². The van der Waals surface area contributed by atoms with E-state index in [0.29, 0.717) is 35.8 Å². The summed E-state index contributed by atoms with van der Waals surface area (Å²) in [5, 5.41) is 8.81. The number of nitrogens with zero attached hydrogens (tertiary/aromatic N) is 1. The Hall–Kier alpha value is -2.74. The van der Waals surface area contributed by atoms with Gasteiger partial charge < -0.3 is 4.74 Å². The molecule has 3 rings (SSSR count). The highest BCUT2D eigenvalue weighted by Gasteiger charge is 2.24. The zero-order chi connectivity index (χ0) is 22.2. The molecule has 31 heavy (non-hydrogen) atoms. The van der Waals surface area contributed by atoms with Crippen molar-refractivity contribution in [1.29, 1.82) is 5.26 Å². The average molecular weight is 428 g/mol. The predicted molar refractivity (Wildman–Crippen MR) is 115 cm³/mol. The van der Waals surface area contributed by atoms with Crippen molar-refractivity contribution >= 4 is 0 Å². The molecule has 0 saturated heterocycles. The number of rotatable bonds is 8. The maximum absolute atomic E-state index is 14.4. The van der Waals surface area contributed by atoms with Crippen LogP contribution >= 0.6 is 0 Å². The van der Waals surface area contributed by atoms with Crippen molar-refractivity contribution in [3.05, 3.63) is 76.6 Å². The van der Waals surface area contributed by atoms with Gasteiger partial charge in [0.25, 0.3) is 0 Å². The molecule has 5 heteroatoms. The van der Waals surface area contributed by atoms with Gasteiger partial charge in [0.05, 0.1) is 6.61 Å². The Kier molecular flexibility index (Phi) is 8.17. The van der Waals surface area contributed by atoms with E-state index in [0.717, 1.165) is 38.5 Å². The molecule has 0 aromatic heterocycles. The molecule has 0 heterocycles. The molecule has 0 spiro atoms. The van der Waals surface area contributed by atoms with E-state index < -0.39 is 17.2 Å². The number of benzene rings is 2. The van der Waals surface area contributed by atoms with Crippen LogP contribution in [0.25, 0.3) is 0 Å². The van der Waals surface area contributed by atoms with Gasteiger partial charge in [-0.15, -0.1) is 0 Å². The van der Waals surface area contributed by atoms with Gasteiger partial charge in [-0.05, 0) is 93.0 Å². The van der Waals surface area contributed by atoms with Crippen LogP contribution in [0.2, 0.25) is 0 Å². The zero-order valence-electron chi connectivity index (χ0n) is 17.8. The first-order valence-corrected chi connectivity index (χ1v) is 10.9. The lowest BCUT2D eigenvalue weighted by molar-refractivity contribution is 0.308. The summed E-state index contributed by atoms with van der Waals surface area (Å²) in [5.41, 5.74) is 0.802. The summed E-state index contributed by atoms with van der Waals surface area (Å²) in [6, 6.07) is 9.23. The fraction of sp³-hybridized carbons (Fsp3) is 0.423. The largest absolute Gasteiger partial charge is 0.493 e. The topological polar surface area (TPSA) is 33.0 Å². The Morgan fingerprint density at radius 3 is 2.35 bits per heavy atom. The molecule has 0 N–H and O–H groups in total. The van der Waals surface area contributed by atoms with Gasteiger partial charge in [-0.3, -0.25) is 0 Å². The van der Waals surface area contributed by atoms with Crippen LogP contribution in [0.1, 0.15) is 68.1 Å². The Bertz CT molecular complexity index is 933. The molecular weight excluding hydrogens is 399 g/mol. The van der Waals surface area contributed by atoms with Crippen LogP contribution in [0, 0.1) is 34.7 Å². The normalized spacial score (nSPS) is 18.8. The second-order valence-electron chi connectivity index (χ2n) is 8.19. The third-order valence-corrected chi connectivity index (χ3v) is 6.13. The van der Waals surface area contributed by atoms with E-state index in [1.165, 1.54) is 18.2 Å². The van der Waals surface area contributed by atoms with Crippen LogP contribution in [0.5, 0.6) is 5.75 Å². The molecule has 1 aliphatic carbocycles. The summed E-state index contributed by atoms with van der Waals surface area (Å²) >= 11 is 0. The first-order valence-electron chi connectivity index (χ1n) is 10.9. The number of hydrogen-bond donors (Lipinski definition) is 0. The molecule has 2 aromatic carbocycles. The minimum Gasteiger partial charge on any atom is -0.493 e. The van der Waals surface area contributed by atoms with Gasteiger partial charge in [0.15, 0.2) is 0 Å². The Morgan fingerprint density at radius 2 is 1.74 bits per heavy atom. The Morgan fingerprint density at radius 1 is 1.03 bits per heavy atom. The quantitative estimate of drug-likeness (QED) is 0.329. The van der Waals surface area contributed by atoms with E-state index >= 15 is 0 Å². The van der Waals surface area contributed by atoms with Crippen molar-refractivity contribution in [3.8, 4) is 11.8 Å². The second-order valence-corrected chi connectivity index (χ2v) is 8.19. The van der Waals surface area contributed by atoms with Gasteiger partial charge in [-0.25, -0.2) is 13.2 Å². The second kappa shape index (κ2) is 11.0. The molecule has 164 valence electrons. The molecule has 2 aromatic rings. The standard InChI is InChI=1S/C26H28F3NO/c1-2-3-4-13-31-22-12-11-20(24(27)16-22)10-7-18-5-8-19(9-6-18)21-14-25(28)23(17-30)26(29)15-21/h2-3,11-12,14-16,18-19H,4-10,13H2,1H3/b3-2+. The number of allylic oxidation sites excluding steroid dienone is 1. The van der Waals surface area contributed by atoms with E-state index in [9.17, 15) is 13.2 Å². The molecule has 0 amide bonds. The minimum absolute atomic E-state index is 0.101. The summed E-state index contributed by atoms with van der Waals surface area (Å²) in [7, 11) is 0. The minimum atomic E-state index is -0.788. The monoisotopic (exact) mass is 427 g/mol. The van der Waals surface area contributed by atoms with Crippen LogP contribution in [0.4, 0.5) is 13.2 Å². The van der Waals surface area contributed by atoms with E-state index in [4.69, 9.17) is 10.00 Å². The highest BCUT2D eigenvalue weighted by atomic mass is 19.1. The fourth-order valence-corrected chi connectivity index (χ4v) is 4.31. The summed E-state index contributed by atoms with van der Waals surface area (Å²) in [4.78, 5) is 0. The van der Waals surface area contributed by atoms with Crippen molar-refractivity contribution in [2.75, 3.05) is 6.61 Å². The maximum atomic E-state index is 14.4. The smallest absolute Gasteiger partial charge is 0.144 e. The molecule has 1 saturated carbocycles. The van der Waals surface area contributed by atoms with Crippen LogP contribution in [0.3, 0.4) is 0 Å². The number of hydrogen-bond acceptors (Lipinski definition) is 2. The summed E-state index contributed by atoms with van der Waals surface area (Å²) < 4.78 is 47.8. The molecule has 1 fully saturated rings. The SMILES string of the molecule is C/C=C/CCOc1ccc(CCC2CCC(c3cc(F)c(C#N)c(F)c3)CC2)c(F)c1. The average Bonchev–Trinajstić information content (AvgIpc) is 2.76. The third-order valence-electron chi connectivity index (χ3n) is 6.13. The van der Waals surface area contributed by atoms with Crippen molar-refractivity contribution in [2.24, 2.45) is 5.92 Å². The first-order chi connectivity index (χ1) is 15.0. The van der Waals surface area contributed by atoms with E-state index in [1.807, 2.05) is 25.1 Å². The number of halogens is 3. The lowest BCUT2D eigenvalue weighted by Gasteiger charge is -2.29. The van der Waals surface area contributed by atoms with Gasteiger partial charge in [0.1, 0.15) is 34.8 Å². The molecule has 0 aliphatic heterocycles. The van der Waals surface area contributed by atoms with Gasteiger partial charge in [-0.1, -0.05) is 18.2 Å². The molecule has 0 unspecified atom stereocenters. The maximum Gasteiger partial charge on any atom is 0.144 e. The third kappa shape index (κ3) is 6.13. The Labute approximate surface area is 182 Å². The van der Waals surface area contributed by atoms with E-state index in [2.05, 4.69) is 0 Å². The summed E-state index contributed by atoms with van der Waals surface area (Å²) in [5.74, 6) is -0.688. The lowest BCUT2D eigenvalue weighted by atomic mass is 9.76. The number of aryl methyl sites for hydroxylation is 1. The lowest BCUT2D eigenvalue weighted by Crippen LogP contribution is -2.15. The van der Waals surface area contributed by atoms with Crippen molar-refractivity contribution in [2.45, 2.75) is 57.8 Å². The van der Waals surface area contributed by atoms with Crippen LogP contribution < -0.4 is 4.74 Å². The molecule has 0 bridgehead atoms. The summed E-state index contributed by atoms with van der Waals surface area (Å²) in [6.45, 7) is 2.48. The van der Waals surface area contributed by atoms with E-state index in [1.54, 1.807) is 12.1 Å². The van der Waals surface area contributed by atoms with E-state index in [-0.39, 0.29) is 11.7 Å². The molecular formula is C26H28F3NO. The van der Waals surface area contributed by atoms with Crippen LogP contribution in [-0.2, 0) is 6.42 Å². The van der Waals surface area contributed by atoms with Gasteiger partial charge >= 0.3 is 0 Å². The van der Waals surface area contributed by atoms with Crippen molar-refractivity contribution in [3.63, 3.8) is 0 Å².